The maximum absolute atomic E-state index is 6.16. The minimum Gasteiger partial charge on any atom is -0.383 e. The molecule has 3 nitrogen and oxygen atoms in total. The lowest BCUT2D eigenvalue weighted by atomic mass is 10.0. The van der Waals surface area contributed by atoms with Gasteiger partial charge in [0.15, 0.2) is 0 Å². The number of fused-ring (bicyclic) bond motifs is 1. The summed E-state index contributed by atoms with van der Waals surface area (Å²) in [5.41, 5.74) is 11.5. The van der Waals surface area contributed by atoms with E-state index in [1.165, 1.54) is 11.1 Å². The summed E-state index contributed by atoms with van der Waals surface area (Å²) in [6.45, 7) is 4.21. The van der Waals surface area contributed by atoms with Gasteiger partial charge in [-0.05, 0) is 43.2 Å². The van der Waals surface area contributed by atoms with Crippen LogP contribution in [0.25, 0.3) is 16.9 Å². The second-order valence-corrected chi connectivity index (χ2v) is 4.57. The van der Waals surface area contributed by atoms with Crippen LogP contribution in [-0.4, -0.2) is 9.38 Å². The maximum Gasteiger partial charge on any atom is 0.139 e. The Morgan fingerprint density at radius 1 is 1.06 bits per heavy atom. The van der Waals surface area contributed by atoms with Crippen molar-refractivity contribution in [3.8, 4) is 11.3 Å². The fourth-order valence-electron chi connectivity index (χ4n) is 2.12. The summed E-state index contributed by atoms with van der Waals surface area (Å²) in [5, 5.41) is 0. The molecule has 3 aromatic rings. The topological polar surface area (TPSA) is 43.3 Å². The predicted molar refractivity (Wildman–Crippen MR) is 74.5 cm³/mol. The van der Waals surface area contributed by atoms with Gasteiger partial charge >= 0.3 is 0 Å². The van der Waals surface area contributed by atoms with E-state index in [1.54, 1.807) is 0 Å². The summed E-state index contributed by atoms with van der Waals surface area (Å²) in [5.74, 6) is 0.689. The van der Waals surface area contributed by atoms with Crippen LogP contribution in [0.15, 0.2) is 42.6 Å². The average molecular weight is 237 g/mol. The van der Waals surface area contributed by atoms with Gasteiger partial charge in [0, 0.05) is 11.8 Å². The molecule has 0 bridgehead atoms. The highest BCUT2D eigenvalue weighted by Gasteiger charge is 2.11. The molecular weight excluding hydrogens is 222 g/mol. The molecular formula is C15H15N3. The van der Waals surface area contributed by atoms with Crippen molar-refractivity contribution in [2.45, 2.75) is 13.8 Å². The van der Waals surface area contributed by atoms with E-state index in [0.717, 1.165) is 16.9 Å². The molecule has 18 heavy (non-hydrogen) atoms. The Labute approximate surface area is 106 Å². The second-order valence-electron chi connectivity index (χ2n) is 4.57. The Morgan fingerprint density at radius 2 is 1.89 bits per heavy atom. The van der Waals surface area contributed by atoms with Crippen molar-refractivity contribution < 1.29 is 0 Å². The van der Waals surface area contributed by atoms with Crippen molar-refractivity contribution in [2.24, 2.45) is 0 Å². The number of hydrogen-bond donors (Lipinski definition) is 1. The maximum atomic E-state index is 6.16. The van der Waals surface area contributed by atoms with Gasteiger partial charge in [-0.1, -0.05) is 18.2 Å². The Morgan fingerprint density at radius 3 is 2.61 bits per heavy atom. The molecule has 2 heterocycles. The lowest BCUT2D eigenvalue weighted by Crippen LogP contribution is -1.93. The fraction of sp³-hybridized carbons (Fsp3) is 0.133. The van der Waals surface area contributed by atoms with Gasteiger partial charge in [0.05, 0.1) is 0 Å². The predicted octanol–water partition coefficient (Wildman–Crippen LogP) is 3.20. The first kappa shape index (κ1) is 10.8. The Bertz CT molecular complexity index is 726. The molecule has 0 aliphatic heterocycles. The van der Waals surface area contributed by atoms with Gasteiger partial charge < -0.3 is 5.73 Å². The minimum absolute atomic E-state index is 0.689. The van der Waals surface area contributed by atoms with Crippen LogP contribution in [0.3, 0.4) is 0 Å². The quantitative estimate of drug-likeness (QED) is 0.706. The summed E-state index contributed by atoms with van der Waals surface area (Å²) < 4.78 is 1.91. The monoisotopic (exact) mass is 237 g/mol. The smallest absolute Gasteiger partial charge is 0.139 e. The summed E-state index contributed by atoms with van der Waals surface area (Å²) in [4.78, 5) is 4.59. The molecule has 0 fully saturated rings. The van der Waals surface area contributed by atoms with Crippen molar-refractivity contribution in [3.05, 3.63) is 53.7 Å². The van der Waals surface area contributed by atoms with E-state index in [9.17, 15) is 0 Å². The summed E-state index contributed by atoms with van der Waals surface area (Å²) in [7, 11) is 0. The lowest BCUT2D eigenvalue weighted by molar-refractivity contribution is 1.20. The SMILES string of the molecule is Cc1ccc(-c2nc3ccccn3c2N)cc1C. The van der Waals surface area contributed by atoms with Gasteiger partial charge in [-0.25, -0.2) is 4.98 Å². The third kappa shape index (κ3) is 1.56. The number of imidazole rings is 1. The number of anilines is 1. The molecule has 0 aliphatic carbocycles. The number of aryl methyl sites for hydroxylation is 2. The first-order valence-corrected chi connectivity index (χ1v) is 5.97. The molecule has 0 amide bonds. The molecule has 90 valence electrons. The standard InChI is InChI=1S/C15H15N3/c1-10-6-7-12(9-11(10)2)14-15(16)18-8-4-3-5-13(18)17-14/h3-9H,16H2,1-2H3. The highest BCUT2D eigenvalue weighted by atomic mass is 15.1. The van der Waals surface area contributed by atoms with Crippen LogP contribution in [0.2, 0.25) is 0 Å². The van der Waals surface area contributed by atoms with E-state index in [0.29, 0.717) is 5.82 Å². The number of rotatable bonds is 1. The van der Waals surface area contributed by atoms with Crippen LogP contribution in [-0.2, 0) is 0 Å². The molecule has 2 N–H and O–H groups in total. The highest BCUT2D eigenvalue weighted by Crippen LogP contribution is 2.27. The van der Waals surface area contributed by atoms with Crippen LogP contribution in [0.4, 0.5) is 5.82 Å². The second kappa shape index (κ2) is 3.88. The van der Waals surface area contributed by atoms with Gasteiger partial charge in [-0.2, -0.15) is 0 Å². The minimum atomic E-state index is 0.689. The molecule has 3 rings (SSSR count). The lowest BCUT2D eigenvalue weighted by Gasteiger charge is -2.03. The molecule has 0 radical (unpaired) electrons. The first-order valence-electron chi connectivity index (χ1n) is 5.97. The summed E-state index contributed by atoms with van der Waals surface area (Å²) >= 11 is 0. The molecule has 0 saturated heterocycles. The van der Waals surface area contributed by atoms with Crippen molar-refractivity contribution in [2.75, 3.05) is 5.73 Å². The Kier molecular flexibility index (Phi) is 2.33. The summed E-state index contributed by atoms with van der Waals surface area (Å²) in [6, 6.07) is 12.2. The van der Waals surface area contributed by atoms with Crippen LogP contribution >= 0.6 is 0 Å². The van der Waals surface area contributed by atoms with Gasteiger partial charge in [-0.3, -0.25) is 4.40 Å². The molecule has 2 aromatic heterocycles. The van der Waals surface area contributed by atoms with E-state index < -0.39 is 0 Å². The van der Waals surface area contributed by atoms with Gasteiger partial charge in [-0.15, -0.1) is 0 Å². The normalized spacial score (nSPS) is 11.0. The number of benzene rings is 1. The number of nitrogen functional groups attached to an aromatic ring is 1. The van der Waals surface area contributed by atoms with E-state index in [1.807, 2.05) is 28.8 Å². The van der Waals surface area contributed by atoms with Gasteiger partial charge in [0.25, 0.3) is 0 Å². The first-order chi connectivity index (χ1) is 8.66. The van der Waals surface area contributed by atoms with Crippen LogP contribution in [0.5, 0.6) is 0 Å². The Hall–Kier alpha value is -2.29. The molecule has 0 saturated carbocycles. The molecule has 0 unspecified atom stereocenters. The number of nitrogens with two attached hydrogens (primary N) is 1. The summed E-state index contributed by atoms with van der Waals surface area (Å²) in [6.07, 6.45) is 1.93. The third-order valence-corrected chi connectivity index (χ3v) is 3.35. The third-order valence-electron chi connectivity index (χ3n) is 3.35. The van der Waals surface area contributed by atoms with Crippen molar-refractivity contribution in [1.29, 1.82) is 0 Å². The average Bonchev–Trinajstić information content (AvgIpc) is 2.71. The van der Waals surface area contributed by atoms with E-state index in [2.05, 4.69) is 37.0 Å². The molecule has 3 heteroatoms. The van der Waals surface area contributed by atoms with Crippen molar-refractivity contribution >= 4 is 11.5 Å². The van der Waals surface area contributed by atoms with Crippen LogP contribution in [0.1, 0.15) is 11.1 Å². The van der Waals surface area contributed by atoms with E-state index in [-0.39, 0.29) is 0 Å². The largest absolute Gasteiger partial charge is 0.383 e. The molecule has 0 atom stereocenters. The molecule has 0 spiro atoms. The van der Waals surface area contributed by atoms with Crippen LogP contribution < -0.4 is 5.73 Å². The van der Waals surface area contributed by atoms with E-state index in [4.69, 9.17) is 5.73 Å². The number of hydrogen-bond acceptors (Lipinski definition) is 2. The fourth-order valence-corrected chi connectivity index (χ4v) is 2.12. The van der Waals surface area contributed by atoms with Crippen LogP contribution in [0, 0.1) is 13.8 Å². The Balaban J connectivity index is 2.25. The molecule has 0 aliphatic rings. The molecule has 1 aromatic carbocycles. The zero-order valence-corrected chi connectivity index (χ0v) is 10.5. The van der Waals surface area contributed by atoms with Gasteiger partial charge in [0.1, 0.15) is 17.2 Å². The van der Waals surface area contributed by atoms with Crippen molar-refractivity contribution in [3.63, 3.8) is 0 Å². The van der Waals surface area contributed by atoms with Crippen molar-refractivity contribution in [1.82, 2.24) is 9.38 Å². The van der Waals surface area contributed by atoms with E-state index >= 15 is 0 Å². The zero-order valence-electron chi connectivity index (χ0n) is 10.5. The number of pyridine rings is 1. The number of nitrogens with zero attached hydrogens (tertiary/aromatic N) is 2. The zero-order chi connectivity index (χ0) is 12.7. The highest BCUT2D eigenvalue weighted by molar-refractivity contribution is 5.75. The number of aromatic nitrogens is 2. The van der Waals surface area contributed by atoms with Gasteiger partial charge in [0.2, 0.25) is 0 Å².